The summed E-state index contributed by atoms with van der Waals surface area (Å²) in [6, 6.07) is 17.8. The van der Waals surface area contributed by atoms with Crippen LogP contribution in [0.4, 0.5) is 0 Å². The van der Waals surface area contributed by atoms with Gasteiger partial charge < -0.3 is 9.55 Å². The maximum atomic E-state index is 12.5. The van der Waals surface area contributed by atoms with Crippen LogP contribution in [0, 0.1) is 6.92 Å². The van der Waals surface area contributed by atoms with Crippen LogP contribution in [0.1, 0.15) is 11.1 Å². The van der Waals surface area contributed by atoms with Crippen molar-refractivity contribution in [1.29, 1.82) is 0 Å². The first-order valence-corrected chi connectivity index (χ1v) is 7.77. The molecule has 0 unspecified atom stereocenters. The monoisotopic (exact) mass is 316 g/mol. The molecule has 5 heteroatoms. The van der Waals surface area contributed by atoms with Crippen LogP contribution in [0.5, 0.6) is 0 Å². The summed E-state index contributed by atoms with van der Waals surface area (Å²) >= 11 is 0. The van der Waals surface area contributed by atoms with Crippen LogP contribution in [0.25, 0.3) is 22.6 Å². The van der Waals surface area contributed by atoms with Crippen LogP contribution in [0.3, 0.4) is 0 Å². The van der Waals surface area contributed by atoms with Gasteiger partial charge in [0.15, 0.2) is 11.2 Å². The molecular formula is C19H16N4O. The zero-order chi connectivity index (χ0) is 16.5. The largest absolute Gasteiger partial charge is 0.320 e. The van der Waals surface area contributed by atoms with Gasteiger partial charge in [-0.05, 0) is 12.5 Å². The average molecular weight is 316 g/mol. The van der Waals surface area contributed by atoms with Crippen LogP contribution in [0.2, 0.25) is 0 Å². The number of aromatic amines is 1. The Morgan fingerprint density at radius 1 is 1.04 bits per heavy atom. The summed E-state index contributed by atoms with van der Waals surface area (Å²) in [6.45, 7) is 2.64. The standard InChI is InChI=1S/C19H16N4O/c1-13-7-9-14(10-8-13)11-23-12-20-18-16(23)19(24)22-17(21-18)15-5-3-2-4-6-15/h2-10,12H,11H2,1H3,(H,21,22,24). The normalized spacial score (nSPS) is 11.0. The van der Waals surface area contributed by atoms with Gasteiger partial charge in [-0.3, -0.25) is 4.79 Å². The number of hydrogen-bond acceptors (Lipinski definition) is 3. The van der Waals surface area contributed by atoms with E-state index >= 15 is 0 Å². The van der Waals surface area contributed by atoms with Crippen molar-refractivity contribution < 1.29 is 0 Å². The summed E-state index contributed by atoms with van der Waals surface area (Å²) in [5, 5.41) is 0. The van der Waals surface area contributed by atoms with Crippen molar-refractivity contribution in [2.75, 3.05) is 0 Å². The van der Waals surface area contributed by atoms with E-state index in [1.165, 1.54) is 5.56 Å². The number of nitrogens with zero attached hydrogens (tertiary/aromatic N) is 3. The second-order valence-corrected chi connectivity index (χ2v) is 5.81. The van der Waals surface area contributed by atoms with E-state index in [-0.39, 0.29) is 5.56 Å². The van der Waals surface area contributed by atoms with Crippen LogP contribution < -0.4 is 5.56 Å². The molecule has 2 aromatic carbocycles. The summed E-state index contributed by atoms with van der Waals surface area (Å²) in [5.41, 5.74) is 3.97. The molecule has 0 amide bonds. The van der Waals surface area contributed by atoms with Crippen molar-refractivity contribution in [3.63, 3.8) is 0 Å². The molecule has 0 atom stereocenters. The molecule has 24 heavy (non-hydrogen) atoms. The predicted octanol–water partition coefficient (Wildman–Crippen LogP) is 3.14. The first-order chi connectivity index (χ1) is 11.7. The number of rotatable bonds is 3. The van der Waals surface area contributed by atoms with Crippen molar-refractivity contribution in [1.82, 2.24) is 19.5 Å². The molecule has 2 aromatic heterocycles. The molecule has 4 aromatic rings. The Morgan fingerprint density at radius 2 is 1.79 bits per heavy atom. The Bertz CT molecular complexity index is 1050. The molecule has 0 fully saturated rings. The predicted molar refractivity (Wildman–Crippen MR) is 93.9 cm³/mol. The minimum atomic E-state index is -0.177. The molecule has 118 valence electrons. The number of aromatic nitrogens is 4. The number of aryl methyl sites for hydroxylation is 1. The molecular weight excluding hydrogens is 300 g/mol. The highest BCUT2D eigenvalue weighted by Crippen LogP contribution is 2.16. The van der Waals surface area contributed by atoms with E-state index in [1.807, 2.05) is 34.9 Å². The average Bonchev–Trinajstić information content (AvgIpc) is 3.01. The lowest BCUT2D eigenvalue weighted by Crippen LogP contribution is -2.13. The Hall–Kier alpha value is -3.21. The van der Waals surface area contributed by atoms with Crippen LogP contribution in [-0.2, 0) is 6.54 Å². The fraction of sp³-hybridized carbons (Fsp3) is 0.105. The zero-order valence-corrected chi connectivity index (χ0v) is 13.2. The fourth-order valence-electron chi connectivity index (χ4n) is 2.73. The van der Waals surface area contributed by atoms with E-state index in [0.29, 0.717) is 23.5 Å². The number of hydrogen-bond donors (Lipinski definition) is 1. The number of fused-ring (bicyclic) bond motifs is 1. The first-order valence-electron chi connectivity index (χ1n) is 7.77. The van der Waals surface area contributed by atoms with Gasteiger partial charge in [0, 0.05) is 12.1 Å². The summed E-state index contributed by atoms with van der Waals surface area (Å²) in [7, 11) is 0. The maximum Gasteiger partial charge on any atom is 0.277 e. The second kappa shape index (κ2) is 5.77. The van der Waals surface area contributed by atoms with Crippen molar-refractivity contribution in [3.8, 4) is 11.4 Å². The summed E-state index contributed by atoms with van der Waals surface area (Å²) in [6.07, 6.45) is 1.67. The van der Waals surface area contributed by atoms with Gasteiger partial charge in [0.2, 0.25) is 0 Å². The molecule has 0 aliphatic carbocycles. The third kappa shape index (κ3) is 2.60. The highest BCUT2D eigenvalue weighted by Gasteiger charge is 2.11. The van der Waals surface area contributed by atoms with Crippen LogP contribution in [-0.4, -0.2) is 19.5 Å². The molecule has 0 aliphatic heterocycles. The number of imidazole rings is 1. The molecule has 5 nitrogen and oxygen atoms in total. The molecule has 0 saturated heterocycles. The van der Waals surface area contributed by atoms with Crippen molar-refractivity contribution >= 4 is 11.2 Å². The third-order valence-corrected chi connectivity index (χ3v) is 4.00. The van der Waals surface area contributed by atoms with E-state index in [2.05, 4.69) is 46.1 Å². The lowest BCUT2D eigenvalue weighted by atomic mass is 10.1. The SMILES string of the molecule is Cc1ccc(Cn2cnc3nc(-c4ccccc4)[nH]c(=O)c32)cc1. The maximum absolute atomic E-state index is 12.5. The van der Waals surface area contributed by atoms with Crippen molar-refractivity contribution in [2.45, 2.75) is 13.5 Å². The van der Waals surface area contributed by atoms with Gasteiger partial charge in [-0.15, -0.1) is 0 Å². The van der Waals surface area contributed by atoms with Gasteiger partial charge in [0.25, 0.3) is 5.56 Å². The smallest absolute Gasteiger partial charge is 0.277 e. The van der Waals surface area contributed by atoms with Crippen molar-refractivity contribution in [3.05, 3.63) is 82.4 Å². The minimum Gasteiger partial charge on any atom is -0.320 e. The van der Waals surface area contributed by atoms with Gasteiger partial charge in [0.1, 0.15) is 5.82 Å². The Morgan fingerprint density at radius 3 is 2.54 bits per heavy atom. The first kappa shape index (κ1) is 14.4. The molecule has 0 bridgehead atoms. The molecule has 0 spiro atoms. The topological polar surface area (TPSA) is 63.6 Å². The van der Waals surface area contributed by atoms with Gasteiger partial charge in [-0.2, -0.15) is 0 Å². The Balaban J connectivity index is 1.77. The lowest BCUT2D eigenvalue weighted by molar-refractivity contribution is 0.819. The number of benzene rings is 2. The van der Waals surface area contributed by atoms with E-state index in [0.717, 1.165) is 11.1 Å². The minimum absolute atomic E-state index is 0.177. The zero-order valence-electron chi connectivity index (χ0n) is 13.2. The Labute approximate surface area is 138 Å². The fourth-order valence-corrected chi connectivity index (χ4v) is 2.73. The molecule has 2 heterocycles. The van der Waals surface area contributed by atoms with Crippen LogP contribution >= 0.6 is 0 Å². The molecule has 4 rings (SSSR count). The van der Waals surface area contributed by atoms with Crippen LogP contribution in [0.15, 0.2) is 65.7 Å². The molecule has 0 radical (unpaired) electrons. The quantitative estimate of drug-likeness (QED) is 0.631. The van der Waals surface area contributed by atoms with E-state index in [9.17, 15) is 4.79 Å². The Kier molecular flexibility index (Phi) is 3.46. The second-order valence-electron chi connectivity index (χ2n) is 5.81. The van der Waals surface area contributed by atoms with Gasteiger partial charge in [-0.1, -0.05) is 60.2 Å². The highest BCUT2D eigenvalue weighted by molar-refractivity contribution is 5.72. The van der Waals surface area contributed by atoms with Crippen molar-refractivity contribution in [2.24, 2.45) is 0 Å². The summed E-state index contributed by atoms with van der Waals surface area (Å²) < 4.78 is 1.83. The number of nitrogens with one attached hydrogen (secondary N) is 1. The molecule has 0 saturated carbocycles. The molecule has 1 N–H and O–H groups in total. The van der Waals surface area contributed by atoms with E-state index in [4.69, 9.17) is 0 Å². The van der Waals surface area contributed by atoms with Gasteiger partial charge in [0.05, 0.1) is 6.33 Å². The third-order valence-electron chi connectivity index (χ3n) is 4.00. The van der Waals surface area contributed by atoms with E-state index < -0.39 is 0 Å². The summed E-state index contributed by atoms with van der Waals surface area (Å²) in [5.74, 6) is 0.536. The number of H-pyrrole nitrogens is 1. The van der Waals surface area contributed by atoms with E-state index in [1.54, 1.807) is 6.33 Å². The lowest BCUT2D eigenvalue weighted by Gasteiger charge is -2.05. The van der Waals surface area contributed by atoms with Gasteiger partial charge in [-0.25, -0.2) is 9.97 Å². The highest BCUT2D eigenvalue weighted by atomic mass is 16.1. The summed E-state index contributed by atoms with van der Waals surface area (Å²) in [4.78, 5) is 24.2. The van der Waals surface area contributed by atoms with Gasteiger partial charge >= 0.3 is 0 Å². The molecule has 0 aliphatic rings.